The smallest absolute Gasteiger partial charge is 0.126 e. The van der Waals surface area contributed by atoms with Crippen LogP contribution in [0.3, 0.4) is 0 Å². The molecule has 0 bridgehead atoms. The summed E-state index contributed by atoms with van der Waals surface area (Å²) in [6, 6.07) is 28.8. The molecule has 0 aliphatic carbocycles. The highest BCUT2D eigenvalue weighted by molar-refractivity contribution is 6.00. The van der Waals surface area contributed by atoms with Gasteiger partial charge in [-0.2, -0.15) is 0 Å². The Morgan fingerprint density at radius 1 is 0.636 bits per heavy atom. The van der Waals surface area contributed by atoms with E-state index in [1.807, 2.05) is 30.3 Å². The van der Waals surface area contributed by atoms with Crippen molar-refractivity contribution in [3.05, 3.63) is 96.1 Å². The van der Waals surface area contributed by atoms with Gasteiger partial charge in [-0.25, -0.2) is 0 Å². The van der Waals surface area contributed by atoms with Crippen molar-refractivity contribution >= 4 is 5.84 Å². The van der Waals surface area contributed by atoms with E-state index in [9.17, 15) is 0 Å². The van der Waals surface area contributed by atoms with Gasteiger partial charge in [0.05, 0.1) is 6.54 Å². The summed E-state index contributed by atoms with van der Waals surface area (Å²) >= 11 is 0. The van der Waals surface area contributed by atoms with Gasteiger partial charge in [-0.15, -0.1) is 0 Å². The maximum absolute atomic E-state index is 5.60. The first-order valence-electron chi connectivity index (χ1n) is 7.33. The lowest BCUT2D eigenvalue weighted by Gasteiger charge is -1.98. The van der Waals surface area contributed by atoms with E-state index in [0.717, 1.165) is 12.1 Å². The highest BCUT2D eigenvalue weighted by Crippen LogP contribution is 2.17. The fraction of sp³-hybridized carbons (Fsp3) is 0.0500. The first-order valence-corrected chi connectivity index (χ1v) is 7.33. The summed E-state index contributed by atoms with van der Waals surface area (Å²) in [5, 5.41) is 0. The van der Waals surface area contributed by atoms with E-state index in [4.69, 9.17) is 5.73 Å². The molecule has 0 unspecified atom stereocenters. The van der Waals surface area contributed by atoms with Crippen molar-refractivity contribution in [2.75, 3.05) is 0 Å². The van der Waals surface area contributed by atoms with Crippen LogP contribution < -0.4 is 5.73 Å². The summed E-state index contributed by atoms with van der Waals surface area (Å²) in [4.78, 5) is 4.10. The average Bonchev–Trinajstić information content (AvgIpc) is 2.99. The number of hydrogen-bond donors (Lipinski definition) is 1. The topological polar surface area (TPSA) is 38.4 Å². The third-order valence-corrected chi connectivity index (χ3v) is 3.59. The van der Waals surface area contributed by atoms with Crippen molar-refractivity contribution in [1.29, 1.82) is 0 Å². The normalized spacial score (nSPS) is 11.9. The minimum Gasteiger partial charge on any atom is -0.383 e. The summed E-state index contributed by atoms with van der Waals surface area (Å²) < 4.78 is 0. The molecular weight excluding hydrogens is 268 g/mol. The van der Waals surface area contributed by atoms with Gasteiger partial charge in [-0.1, -0.05) is 84.9 Å². The highest BCUT2D eigenvalue weighted by atomic mass is 14.9. The molecule has 2 heteroatoms. The number of fused-ring (bicyclic) bond motifs is 1. The van der Waals surface area contributed by atoms with Crippen LogP contribution in [-0.4, -0.2) is 5.84 Å². The average molecular weight is 286 g/mol. The first kappa shape index (κ1) is 14.1. The Balaban J connectivity index is 0.000000133. The Hall–Kier alpha value is -2.87. The van der Waals surface area contributed by atoms with Crippen molar-refractivity contribution < 1.29 is 0 Å². The molecule has 0 saturated carbocycles. The maximum atomic E-state index is 5.60. The van der Waals surface area contributed by atoms with Crippen molar-refractivity contribution in [3.8, 4) is 11.1 Å². The van der Waals surface area contributed by atoms with Gasteiger partial charge in [0, 0.05) is 5.56 Å². The molecule has 0 spiro atoms. The van der Waals surface area contributed by atoms with Crippen molar-refractivity contribution in [1.82, 2.24) is 0 Å². The monoisotopic (exact) mass is 286 g/mol. The summed E-state index contributed by atoms with van der Waals surface area (Å²) in [6.07, 6.45) is 0. The fourth-order valence-corrected chi connectivity index (χ4v) is 2.42. The molecule has 0 atom stereocenters. The van der Waals surface area contributed by atoms with Crippen LogP contribution in [0.15, 0.2) is 89.9 Å². The summed E-state index contributed by atoms with van der Waals surface area (Å²) in [6.45, 7) is 0.752. The Morgan fingerprint density at radius 3 is 1.68 bits per heavy atom. The standard InChI is InChI=1S/C12H10.C8H8N2/c1-3-7-11(8-4-1)12-9-5-2-6-10-12;9-8-7-4-2-1-3-6(7)5-10-8/h1-10H;1-4H,5H2,(H2,9,10). The number of amidine groups is 1. The molecule has 3 aromatic rings. The van der Waals surface area contributed by atoms with Crippen LogP contribution in [0.2, 0.25) is 0 Å². The number of hydrogen-bond acceptors (Lipinski definition) is 2. The van der Waals surface area contributed by atoms with Gasteiger partial charge in [0.15, 0.2) is 0 Å². The quantitative estimate of drug-likeness (QED) is 0.713. The molecule has 0 saturated heterocycles. The van der Waals surface area contributed by atoms with E-state index >= 15 is 0 Å². The molecule has 2 N–H and O–H groups in total. The lowest BCUT2D eigenvalue weighted by atomic mass is 10.1. The molecule has 1 heterocycles. The molecule has 108 valence electrons. The predicted molar refractivity (Wildman–Crippen MR) is 92.7 cm³/mol. The van der Waals surface area contributed by atoms with Gasteiger partial charge in [-0.05, 0) is 16.7 Å². The number of nitrogens with two attached hydrogens (primary N) is 1. The number of aliphatic imine (C=N–C) groups is 1. The highest BCUT2D eigenvalue weighted by Gasteiger charge is 2.09. The van der Waals surface area contributed by atoms with Crippen molar-refractivity contribution in [3.63, 3.8) is 0 Å². The third-order valence-electron chi connectivity index (χ3n) is 3.59. The number of nitrogens with zero attached hydrogens (tertiary/aromatic N) is 1. The van der Waals surface area contributed by atoms with E-state index in [2.05, 4.69) is 59.6 Å². The van der Waals surface area contributed by atoms with Gasteiger partial charge in [-0.3, -0.25) is 4.99 Å². The van der Waals surface area contributed by atoms with Gasteiger partial charge >= 0.3 is 0 Å². The van der Waals surface area contributed by atoms with Crippen molar-refractivity contribution in [2.24, 2.45) is 10.7 Å². The van der Waals surface area contributed by atoms with Crippen LogP contribution in [-0.2, 0) is 6.54 Å². The zero-order valence-corrected chi connectivity index (χ0v) is 12.3. The molecular formula is C20H18N2. The summed E-state index contributed by atoms with van der Waals surface area (Å²) in [5.74, 6) is 0.676. The van der Waals surface area contributed by atoms with Crippen molar-refractivity contribution in [2.45, 2.75) is 6.54 Å². The Morgan fingerprint density at radius 2 is 1.14 bits per heavy atom. The Bertz CT molecular complexity index is 724. The van der Waals surface area contributed by atoms with Gasteiger partial charge < -0.3 is 5.73 Å². The Labute approximate surface area is 131 Å². The SMILES string of the molecule is NC1=NCc2ccccc21.c1ccc(-c2ccccc2)cc1. The zero-order chi connectivity index (χ0) is 15.2. The molecule has 0 radical (unpaired) electrons. The number of benzene rings is 3. The second-order valence-electron chi connectivity index (χ2n) is 5.09. The largest absolute Gasteiger partial charge is 0.383 e. The molecule has 0 aromatic heterocycles. The lowest BCUT2D eigenvalue weighted by molar-refractivity contribution is 1.11. The molecule has 0 fully saturated rings. The first-order chi connectivity index (χ1) is 10.8. The van der Waals surface area contributed by atoms with Crippen LogP contribution in [0.4, 0.5) is 0 Å². The van der Waals surface area contributed by atoms with Gasteiger partial charge in [0.25, 0.3) is 0 Å². The molecule has 4 rings (SSSR count). The van der Waals surface area contributed by atoms with Crippen LogP contribution in [0.1, 0.15) is 11.1 Å². The molecule has 1 aliphatic heterocycles. The zero-order valence-electron chi connectivity index (χ0n) is 12.3. The third kappa shape index (κ3) is 3.23. The van der Waals surface area contributed by atoms with Crippen LogP contribution in [0, 0.1) is 0 Å². The van der Waals surface area contributed by atoms with Crippen LogP contribution in [0.25, 0.3) is 11.1 Å². The Kier molecular flexibility index (Phi) is 4.30. The van der Waals surface area contributed by atoms with E-state index < -0.39 is 0 Å². The lowest BCUT2D eigenvalue weighted by Crippen LogP contribution is -2.09. The molecule has 0 amide bonds. The fourth-order valence-electron chi connectivity index (χ4n) is 2.42. The van der Waals surface area contributed by atoms with E-state index in [1.54, 1.807) is 0 Å². The predicted octanol–water partition coefficient (Wildman–Crippen LogP) is 4.26. The van der Waals surface area contributed by atoms with Crippen LogP contribution >= 0.6 is 0 Å². The van der Waals surface area contributed by atoms with Gasteiger partial charge in [0.2, 0.25) is 0 Å². The molecule has 2 nitrogen and oxygen atoms in total. The second-order valence-corrected chi connectivity index (χ2v) is 5.09. The minimum absolute atomic E-state index is 0.676. The van der Waals surface area contributed by atoms with Crippen LogP contribution in [0.5, 0.6) is 0 Å². The van der Waals surface area contributed by atoms with E-state index in [-0.39, 0.29) is 0 Å². The molecule has 3 aromatic carbocycles. The van der Waals surface area contributed by atoms with E-state index in [1.165, 1.54) is 16.7 Å². The molecule has 22 heavy (non-hydrogen) atoms. The van der Waals surface area contributed by atoms with E-state index in [0.29, 0.717) is 5.84 Å². The molecule has 1 aliphatic rings. The second kappa shape index (κ2) is 6.72. The summed E-state index contributed by atoms with van der Waals surface area (Å²) in [7, 11) is 0. The maximum Gasteiger partial charge on any atom is 0.126 e. The summed E-state index contributed by atoms with van der Waals surface area (Å²) in [5.41, 5.74) is 10.5. The van der Waals surface area contributed by atoms with Gasteiger partial charge in [0.1, 0.15) is 5.84 Å². The minimum atomic E-state index is 0.676. The number of rotatable bonds is 1.